The minimum absolute atomic E-state index is 0.0248. The number of piperidine rings is 1. The van der Waals surface area contributed by atoms with Crippen LogP contribution in [0.25, 0.3) is 0 Å². The standard InChI is InChI=1S/C23H33FN6O3/c1-14(15-4-5-15)33-23(32)30-11-10-19(20(13-30)29(2)3)27-12-18(22(26)31)21(25)28-17-8-6-16(24)7-9-17/h6-9,12,14-15,19-20,27H,4-5,10-11,13H2,1-3H3,(H2,25,28)(H2,26,31)/b18-12+/t14?,19-,20-/m1/s1. The van der Waals surface area contributed by atoms with Crippen molar-refractivity contribution in [2.45, 2.75) is 44.4 Å². The van der Waals surface area contributed by atoms with E-state index < -0.39 is 11.7 Å². The number of hydrogen-bond acceptors (Lipinski definition) is 6. The van der Waals surface area contributed by atoms with Gasteiger partial charge in [-0.25, -0.2) is 14.2 Å². The Morgan fingerprint density at radius 2 is 1.91 bits per heavy atom. The summed E-state index contributed by atoms with van der Waals surface area (Å²) in [5.41, 5.74) is 11.9. The van der Waals surface area contributed by atoms with Crippen LogP contribution in [0.1, 0.15) is 26.2 Å². The van der Waals surface area contributed by atoms with Crippen LogP contribution in [0.5, 0.6) is 0 Å². The molecular weight excluding hydrogens is 427 g/mol. The van der Waals surface area contributed by atoms with Crippen molar-refractivity contribution in [2.24, 2.45) is 22.4 Å². The molecule has 1 aromatic carbocycles. The normalized spacial score (nSPS) is 22.8. The third-order valence-corrected chi connectivity index (χ3v) is 6.14. The van der Waals surface area contributed by atoms with Crippen LogP contribution in [0.2, 0.25) is 0 Å². The first-order chi connectivity index (χ1) is 15.7. The largest absolute Gasteiger partial charge is 0.446 e. The van der Waals surface area contributed by atoms with Crippen molar-refractivity contribution >= 4 is 23.5 Å². The Labute approximate surface area is 193 Å². The summed E-state index contributed by atoms with van der Waals surface area (Å²) in [5.74, 6) is -0.718. The summed E-state index contributed by atoms with van der Waals surface area (Å²) < 4.78 is 18.7. The number of halogens is 1. The molecule has 9 nitrogen and oxygen atoms in total. The SMILES string of the molecule is CC(OC(=O)N1CC[C@@H](N/C=C(/C(N)=O)C(N)=Nc2ccc(F)cc2)[C@H](N(C)C)C1)C1CC1. The molecule has 2 fully saturated rings. The summed E-state index contributed by atoms with van der Waals surface area (Å²) >= 11 is 0. The zero-order valence-electron chi connectivity index (χ0n) is 19.3. The Bertz CT molecular complexity index is 913. The zero-order chi connectivity index (χ0) is 24.1. The first-order valence-electron chi connectivity index (χ1n) is 11.1. The van der Waals surface area contributed by atoms with Crippen molar-refractivity contribution in [3.05, 3.63) is 41.9 Å². The van der Waals surface area contributed by atoms with Gasteiger partial charge in [0.05, 0.1) is 11.3 Å². The number of rotatable bonds is 8. The van der Waals surface area contributed by atoms with E-state index >= 15 is 0 Å². The van der Waals surface area contributed by atoms with E-state index in [4.69, 9.17) is 16.2 Å². The van der Waals surface area contributed by atoms with E-state index in [0.29, 0.717) is 31.1 Å². The van der Waals surface area contributed by atoms with Gasteiger partial charge in [-0.2, -0.15) is 0 Å². The van der Waals surface area contributed by atoms with Crippen molar-refractivity contribution < 1.29 is 18.7 Å². The lowest BCUT2D eigenvalue weighted by Crippen LogP contribution is -2.58. The quantitative estimate of drug-likeness (QED) is 0.308. The number of aliphatic imine (C=N–C) groups is 1. The van der Waals surface area contributed by atoms with Gasteiger partial charge in [-0.15, -0.1) is 0 Å². The predicted molar refractivity (Wildman–Crippen MR) is 124 cm³/mol. The molecule has 10 heteroatoms. The van der Waals surface area contributed by atoms with Gasteiger partial charge in [-0.3, -0.25) is 4.79 Å². The molecule has 1 aromatic rings. The van der Waals surface area contributed by atoms with Crippen molar-refractivity contribution in [3.8, 4) is 0 Å². The van der Waals surface area contributed by atoms with Crippen LogP contribution >= 0.6 is 0 Å². The van der Waals surface area contributed by atoms with Gasteiger partial charge >= 0.3 is 6.09 Å². The molecule has 1 aliphatic heterocycles. The van der Waals surface area contributed by atoms with Crippen molar-refractivity contribution in [2.75, 3.05) is 27.2 Å². The molecule has 0 spiro atoms. The number of nitrogens with one attached hydrogen (secondary N) is 1. The number of primary amides is 1. The van der Waals surface area contributed by atoms with E-state index in [0.717, 1.165) is 12.8 Å². The number of likely N-dealkylation sites (tertiary alicyclic amines) is 1. The number of carbonyl (C=O) groups excluding carboxylic acids is 2. The lowest BCUT2D eigenvalue weighted by molar-refractivity contribution is -0.114. The summed E-state index contributed by atoms with van der Waals surface area (Å²) in [6, 6.07) is 5.33. The first kappa shape index (κ1) is 24.5. The molecule has 1 unspecified atom stereocenters. The molecule has 0 bridgehead atoms. The molecular formula is C23H33FN6O3. The van der Waals surface area contributed by atoms with Gasteiger partial charge in [0.25, 0.3) is 5.91 Å². The number of amides is 2. The zero-order valence-corrected chi connectivity index (χ0v) is 19.3. The molecule has 1 saturated carbocycles. The summed E-state index contributed by atoms with van der Waals surface area (Å²) in [6.07, 6.45) is 3.99. The van der Waals surface area contributed by atoms with E-state index in [2.05, 4.69) is 10.3 Å². The minimum atomic E-state index is -0.734. The average molecular weight is 461 g/mol. The van der Waals surface area contributed by atoms with Gasteiger partial charge in [0, 0.05) is 31.4 Å². The fourth-order valence-electron chi connectivity index (χ4n) is 3.89. The number of amidine groups is 1. The second kappa shape index (κ2) is 10.7. The second-order valence-corrected chi connectivity index (χ2v) is 8.86. The fourth-order valence-corrected chi connectivity index (χ4v) is 3.89. The molecule has 1 saturated heterocycles. The summed E-state index contributed by atoms with van der Waals surface area (Å²) in [5, 5.41) is 3.23. The molecule has 1 aliphatic carbocycles. The number of benzene rings is 1. The van der Waals surface area contributed by atoms with E-state index in [1.165, 1.54) is 30.5 Å². The number of nitrogens with zero attached hydrogens (tertiary/aromatic N) is 3. The number of ether oxygens (including phenoxy) is 1. The van der Waals surface area contributed by atoms with Crippen LogP contribution in [-0.2, 0) is 9.53 Å². The molecule has 33 heavy (non-hydrogen) atoms. The third-order valence-electron chi connectivity index (χ3n) is 6.14. The molecule has 2 aliphatic rings. The Morgan fingerprint density at radius 1 is 1.24 bits per heavy atom. The molecule has 0 radical (unpaired) electrons. The predicted octanol–water partition coefficient (Wildman–Crippen LogP) is 1.71. The lowest BCUT2D eigenvalue weighted by Gasteiger charge is -2.41. The number of nitrogens with two attached hydrogens (primary N) is 2. The highest BCUT2D eigenvalue weighted by atomic mass is 19.1. The number of hydrogen-bond donors (Lipinski definition) is 3. The highest BCUT2D eigenvalue weighted by molar-refractivity contribution is 6.20. The van der Waals surface area contributed by atoms with E-state index in [9.17, 15) is 14.0 Å². The molecule has 2 amide bonds. The van der Waals surface area contributed by atoms with Crippen molar-refractivity contribution in [1.29, 1.82) is 0 Å². The average Bonchev–Trinajstić information content (AvgIpc) is 3.60. The summed E-state index contributed by atoms with van der Waals surface area (Å²) in [7, 11) is 3.87. The van der Waals surface area contributed by atoms with Crippen LogP contribution in [-0.4, -0.2) is 73.0 Å². The third kappa shape index (κ3) is 6.67. The van der Waals surface area contributed by atoms with Crippen molar-refractivity contribution in [1.82, 2.24) is 15.1 Å². The molecule has 0 aromatic heterocycles. The minimum Gasteiger partial charge on any atom is -0.446 e. The maximum atomic E-state index is 13.1. The van der Waals surface area contributed by atoms with Crippen LogP contribution in [0.4, 0.5) is 14.9 Å². The Kier molecular flexibility index (Phi) is 7.91. The van der Waals surface area contributed by atoms with Crippen LogP contribution in [0.15, 0.2) is 41.0 Å². The molecule has 5 N–H and O–H groups in total. The highest BCUT2D eigenvalue weighted by Crippen LogP contribution is 2.34. The highest BCUT2D eigenvalue weighted by Gasteiger charge is 2.36. The van der Waals surface area contributed by atoms with Gasteiger partial charge < -0.3 is 31.3 Å². The van der Waals surface area contributed by atoms with Crippen LogP contribution in [0.3, 0.4) is 0 Å². The lowest BCUT2D eigenvalue weighted by atomic mass is 9.98. The van der Waals surface area contributed by atoms with Gasteiger partial charge in [0.2, 0.25) is 0 Å². The van der Waals surface area contributed by atoms with Gasteiger partial charge in [-0.05, 0) is 70.5 Å². The maximum Gasteiger partial charge on any atom is 0.410 e. The second-order valence-electron chi connectivity index (χ2n) is 8.86. The van der Waals surface area contributed by atoms with E-state index in [-0.39, 0.29) is 35.7 Å². The van der Waals surface area contributed by atoms with Gasteiger partial charge in [-0.1, -0.05) is 0 Å². The molecule has 180 valence electrons. The molecule has 3 rings (SSSR count). The molecule has 1 heterocycles. The smallest absolute Gasteiger partial charge is 0.410 e. The van der Waals surface area contributed by atoms with Crippen molar-refractivity contribution in [3.63, 3.8) is 0 Å². The first-order valence-corrected chi connectivity index (χ1v) is 11.1. The Balaban J connectivity index is 1.67. The molecule has 3 atom stereocenters. The number of likely N-dealkylation sites (N-methyl/N-ethyl adjacent to an activating group) is 1. The Hall–Kier alpha value is -3.14. The summed E-state index contributed by atoms with van der Waals surface area (Å²) in [4.78, 5) is 32.5. The van der Waals surface area contributed by atoms with Gasteiger partial charge in [0.1, 0.15) is 17.8 Å². The number of carbonyl (C=O) groups is 2. The maximum absolute atomic E-state index is 13.1. The van der Waals surface area contributed by atoms with Gasteiger partial charge in [0.15, 0.2) is 0 Å². The van der Waals surface area contributed by atoms with E-state index in [1.54, 1.807) is 4.90 Å². The van der Waals surface area contributed by atoms with E-state index in [1.807, 2.05) is 25.9 Å². The van der Waals surface area contributed by atoms with Crippen LogP contribution in [0, 0.1) is 11.7 Å². The topological polar surface area (TPSA) is 126 Å². The van der Waals surface area contributed by atoms with Crippen LogP contribution < -0.4 is 16.8 Å². The summed E-state index contributed by atoms with van der Waals surface area (Å²) in [6.45, 7) is 2.96. The fraction of sp³-hybridized carbons (Fsp3) is 0.522. The Morgan fingerprint density at radius 3 is 2.48 bits per heavy atom. The monoisotopic (exact) mass is 460 g/mol.